The van der Waals surface area contributed by atoms with Crippen LogP contribution in [-0.4, -0.2) is 0 Å². The number of allylic oxidation sites excluding steroid dienone is 11. The van der Waals surface area contributed by atoms with E-state index in [4.69, 9.17) is 0 Å². The SMILES string of the molecule is C1=CCC(c2ccc3c(C4=Cc5ccccc5CC4)c4ccccc4c(C4=CC=C5C=CCCC5C4)c3c2)C=C1. The number of benzene rings is 4. The van der Waals surface area contributed by atoms with Gasteiger partial charge < -0.3 is 0 Å². The van der Waals surface area contributed by atoms with E-state index in [2.05, 4.69) is 121 Å². The summed E-state index contributed by atoms with van der Waals surface area (Å²) in [6.07, 6.45) is 27.9. The molecule has 0 saturated heterocycles. The Balaban J connectivity index is 1.41. The third-order valence-electron chi connectivity index (χ3n) is 9.55. The van der Waals surface area contributed by atoms with Gasteiger partial charge in [0.2, 0.25) is 0 Å². The number of aryl methyl sites for hydroxylation is 1. The molecule has 0 aliphatic heterocycles. The molecule has 4 aromatic carbocycles. The second-order valence-corrected chi connectivity index (χ2v) is 11.9. The van der Waals surface area contributed by atoms with E-state index in [-0.39, 0.29) is 0 Å². The minimum Gasteiger partial charge on any atom is -0.0842 e. The Morgan fingerprint density at radius 3 is 2.38 bits per heavy atom. The summed E-state index contributed by atoms with van der Waals surface area (Å²) in [5.74, 6) is 1.07. The summed E-state index contributed by atoms with van der Waals surface area (Å²) in [5, 5.41) is 5.61. The first-order valence-corrected chi connectivity index (χ1v) is 15.0. The lowest BCUT2D eigenvalue weighted by molar-refractivity contribution is 0.573. The van der Waals surface area contributed by atoms with Gasteiger partial charge >= 0.3 is 0 Å². The standard InChI is InChI=1S/C40H34/c1-2-10-27(11-3-1)32-22-23-37-38(26-32)40(34-21-19-29-13-5-7-15-31(29)25-34)36-17-9-8-16-35(36)39(37)33-20-18-28-12-4-6-14-30(28)24-33/h1-6,8-10,12-14,16-17,19,21-24,26-27,31H,7,11,15,18,20,25H2. The lowest BCUT2D eigenvalue weighted by Crippen LogP contribution is -2.11. The maximum Gasteiger partial charge on any atom is 0.00559 e. The molecule has 0 bridgehead atoms. The Bertz CT molecular complexity index is 1850. The molecule has 0 heteroatoms. The van der Waals surface area contributed by atoms with Crippen molar-refractivity contribution < 1.29 is 0 Å². The molecule has 0 N–H and O–H groups in total. The van der Waals surface area contributed by atoms with Crippen LogP contribution in [0.5, 0.6) is 0 Å². The summed E-state index contributed by atoms with van der Waals surface area (Å²) < 4.78 is 0. The van der Waals surface area contributed by atoms with Crippen LogP contribution in [0.2, 0.25) is 0 Å². The number of hydrogen-bond donors (Lipinski definition) is 0. The Labute approximate surface area is 237 Å². The van der Waals surface area contributed by atoms with E-state index in [1.165, 1.54) is 78.9 Å². The van der Waals surface area contributed by atoms with Gasteiger partial charge in [-0.15, -0.1) is 0 Å². The number of fused-ring (bicyclic) bond motifs is 4. The summed E-state index contributed by atoms with van der Waals surface area (Å²) in [6.45, 7) is 0. The first-order valence-electron chi connectivity index (χ1n) is 15.0. The van der Waals surface area contributed by atoms with Crippen molar-refractivity contribution in [1.82, 2.24) is 0 Å². The van der Waals surface area contributed by atoms with Crippen LogP contribution < -0.4 is 0 Å². The van der Waals surface area contributed by atoms with Crippen LogP contribution in [0.1, 0.15) is 65.8 Å². The van der Waals surface area contributed by atoms with Crippen LogP contribution in [0.4, 0.5) is 0 Å². The van der Waals surface area contributed by atoms with Gasteiger partial charge in [-0.2, -0.15) is 0 Å². The fourth-order valence-corrected chi connectivity index (χ4v) is 7.52. The van der Waals surface area contributed by atoms with Crippen molar-refractivity contribution >= 4 is 38.8 Å². The topological polar surface area (TPSA) is 0 Å². The summed E-state index contributed by atoms with van der Waals surface area (Å²) in [5.41, 5.74) is 11.6. The van der Waals surface area contributed by atoms with Crippen LogP contribution >= 0.6 is 0 Å². The summed E-state index contributed by atoms with van der Waals surface area (Å²) in [4.78, 5) is 0. The maximum atomic E-state index is 2.53. The Hall–Kier alpha value is -4.16. The molecule has 0 spiro atoms. The average molecular weight is 515 g/mol. The molecule has 0 aromatic heterocycles. The van der Waals surface area contributed by atoms with Gasteiger partial charge in [0, 0.05) is 5.92 Å². The van der Waals surface area contributed by atoms with Gasteiger partial charge in [-0.25, -0.2) is 0 Å². The predicted molar refractivity (Wildman–Crippen MR) is 172 cm³/mol. The summed E-state index contributed by atoms with van der Waals surface area (Å²) in [6, 6.07) is 25.5. The number of rotatable bonds is 3. The molecular weight excluding hydrogens is 480 g/mol. The minimum atomic E-state index is 0.438. The highest BCUT2D eigenvalue weighted by Gasteiger charge is 2.25. The second kappa shape index (κ2) is 9.79. The van der Waals surface area contributed by atoms with Crippen molar-refractivity contribution in [3.8, 4) is 0 Å². The number of hydrogen-bond acceptors (Lipinski definition) is 0. The monoisotopic (exact) mass is 514 g/mol. The largest absolute Gasteiger partial charge is 0.0842 e. The van der Waals surface area contributed by atoms with E-state index in [0.717, 1.165) is 25.7 Å². The molecule has 2 unspecified atom stereocenters. The van der Waals surface area contributed by atoms with Gasteiger partial charge in [-0.1, -0.05) is 115 Å². The molecule has 0 radical (unpaired) electrons. The summed E-state index contributed by atoms with van der Waals surface area (Å²) >= 11 is 0. The molecule has 0 fully saturated rings. The maximum absolute atomic E-state index is 2.53. The molecular formula is C40H34. The van der Waals surface area contributed by atoms with E-state index in [1.54, 1.807) is 0 Å². The van der Waals surface area contributed by atoms with E-state index < -0.39 is 0 Å². The lowest BCUT2D eigenvalue weighted by atomic mass is 9.76. The van der Waals surface area contributed by atoms with Crippen molar-refractivity contribution in [2.45, 2.75) is 44.4 Å². The zero-order valence-electron chi connectivity index (χ0n) is 22.9. The Kier molecular flexibility index (Phi) is 5.80. The first-order chi connectivity index (χ1) is 19.8. The quantitative estimate of drug-likeness (QED) is 0.239. The zero-order valence-corrected chi connectivity index (χ0v) is 22.9. The molecule has 8 rings (SSSR count). The van der Waals surface area contributed by atoms with Gasteiger partial charge in [0.15, 0.2) is 0 Å². The smallest absolute Gasteiger partial charge is 0.00559 e. The Morgan fingerprint density at radius 2 is 1.50 bits per heavy atom. The van der Waals surface area contributed by atoms with Crippen molar-refractivity contribution in [2.75, 3.05) is 0 Å². The van der Waals surface area contributed by atoms with Crippen molar-refractivity contribution in [2.24, 2.45) is 5.92 Å². The molecule has 0 saturated carbocycles. The molecule has 0 heterocycles. The van der Waals surface area contributed by atoms with Crippen LogP contribution in [0.15, 0.2) is 121 Å². The van der Waals surface area contributed by atoms with E-state index in [0.29, 0.717) is 11.8 Å². The Morgan fingerprint density at radius 1 is 0.675 bits per heavy atom. The normalized spacial score (nSPS) is 21.6. The van der Waals surface area contributed by atoms with Gasteiger partial charge in [0.05, 0.1) is 0 Å². The average Bonchev–Trinajstić information content (AvgIpc) is 3.03. The van der Waals surface area contributed by atoms with Crippen LogP contribution in [0.25, 0.3) is 38.8 Å². The molecule has 0 nitrogen and oxygen atoms in total. The second-order valence-electron chi connectivity index (χ2n) is 11.9. The molecule has 194 valence electrons. The van der Waals surface area contributed by atoms with Crippen molar-refractivity contribution in [3.63, 3.8) is 0 Å². The van der Waals surface area contributed by atoms with Gasteiger partial charge in [0.1, 0.15) is 0 Å². The van der Waals surface area contributed by atoms with Gasteiger partial charge in [0.25, 0.3) is 0 Å². The molecule has 40 heavy (non-hydrogen) atoms. The van der Waals surface area contributed by atoms with Gasteiger partial charge in [-0.3, -0.25) is 0 Å². The van der Waals surface area contributed by atoms with Crippen molar-refractivity contribution in [3.05, 3.63) is 149 Å². The van der Waals surface area contributed by atoms with Crippen LogP contribution in [0, 0.1) is 5.92 Å². The molecule has 4 aromatic rings. The first kappa shape index (κ1) is 23.7. The van der Waals surface area contributed by atoms with Gasteiger partial charge in [-0.05, 0) is 117 Å². The van der Waals surface area contributed by atoms with Crippen LogP contribution in [-0.2, 0) is 6.42 Å². The van der Waals surface area contributed by atoms with E-state index >= 15 is 0 Å². The molecule has 4 aliphatic carbocycles. The predicted octanol–water partition coefficient (Wildman–Crippen LogP) is 10.8. The van der Waals surface area contributed by atoms with Crippen molar-refractivity contribution in [1.29, 1.82) is 0 Å². The highest BCUT2D eigenvalue weighted by Crippen LogP contribution is 2.47. The fraction of sp³-hybridized carbons (Fsp3) is 0.200. The van der Waals surface area contributed by atoms with E-state index in [1.807, 2.05) is 0 Å². The fourth-order valence-electron chi connectivity index (χ4n) is 7.52. The third kappa shape index (κ3) is 3.97. The minimum absolute atomic E-state index is 0.438. The molecule has 4 aliphatic rings. The highest BCUT2D eigenvalue weighted by molar-refractivity contribution is 6.17. The third-order valence-corrected chi connectivity index (χ3v) is 9.55. The lowest BCUT2D eigenvalue weighted by Gasteiger charge is -2.28. The molecule has 2 atom stereocenters. The highest BCUT2D eigenvalue weighted by atomic mass is 14.3. The molecule has 0 amide bonds. The van der Waals surface area contributed by atoms with E-state index in [9.17, 15) is 0 Å². The zero-order chi connectivity index (χ0) is 26.5. The summed E-state index contributed by atoms with van der Waals surface area (Å²) in [7, 11) is 0. The van der Waals surface area contributed by atoms with Crippen LogP contribution in [0.3, 0.4) is 0 Å².